The number of anilines is 1. The topological polar surface area (TPSA) is 72.1 Å². The molecule has 23 heavy (non-hydrogen) atoms. The molecule has 5 nitrogen and oxygen atoms in total. The number of thiophene rings is 1. The summed E-state index contributed by atoms with van der Waals surface area (Å²) in [6.07, 6.45) is 0.779. The minimum Gasteiger partial charge on any atom is -0.369 e. The lowest BCUT2D eigenvalue weighted by Crippen LogP contribution is -2.28. The number of aromatic nitrogens is 2. The number of benzene rings is 1. The number of primary amides is 1. The van der Waals surface area contributed by atoms with Gasteiger partial charge in [-0.15, -0.1) is 0 Å². The standard InChI is InChI=1S/C17H16N4OS/c18-15(22)11-5-7-21(9-11)17-13-3-1-2-4-14(13)19-16(20-17)12-6-8-23-10-12/h1-4,6,8,10-11H,5,7,9H2,(H2,18,22)/t11-/m1/s1. The molecule has 4 rings (SSSR count). The first kappa shape index (κ1) is 14.1. The Labute approximate surface area is 137 Å². The molecule has 2 N–H and O–H groups in total. The second-order valence-electron chi connectivity index (χ2n) is 5.73. The molecule has 1 aliphatic rings. The molecule has 116 valence electrons. The maximum absolute atomic E-state index is 11.5. The number of hydrogen-bond donors (Lipinski definition) is 1. The van der Waals surface area contributed by atoms with Gasteiger partial charge >= 0.3 is 0 Å². The van der Waals surface area contributed by atoms with Crippen LogP contribution >= 0.6 is 11.3 Å². The molecule has 1 aliphatic heterocycles. The van der Waals surface area contributed by atoms with Crippen LogP contribution in [0.4, 0.5) is 5.82 Å². The average Bonchev–Trinajstić information content (AvgIpc) is 3.25. The molecule has 1 saturated heterocycles. The number of carbonyl (C=O) groups excluding carboxylic acids is 1. The minimum absolute atomic E-state index is 0.103. The van der Waals surface area contributed by atoms with E-state index < -0.39 is 0 Å². The lowest BCUT2D eigenvalue weighted by molar-refractivity contribution is -0.121. The van der Waals surface area contributed by atoms with Crippen molar-refractivity contribution in [2.75, 3.05) is 18.0 Å². The Morgan fingerprint density at radius 1 is 1.26 bits per heavy atom. The van der Waals surface area contributed by atoms with E-state index in [0.29, 0.717) is 6.54 Å². The number of para-hydroxylation sites is 1. The molecule has 0 spiro atoms. The zero-order valence-corrected chi connectivity index (χ0v) is 13.3. The minimum atomic E-state index is -0.232. The number of hydrogen-bond acceptors (Lipinski definition) is 5. The second-order valence-corrected chi connectivity index (χ2v) is 6.51. The van der Waals surface area contributed by atoms with Crippen molar-refractivity contribution in [2.24, 2.45) is 11.7 Å². The Bertz CT molecular complexity index is 862. The van der Waals surface area contributed by atoms with Crippen LogP contribution < -0.4 is 10.6 Å². The van der Waals surface area contributed by atoms with Gasteiger partial charge in [0.15, 0.2) is 5.82 Å². The first-order valence-electron chi connectivity index (χ1n) is 7.56. The third-order valence-corrected chi connectivity index (χ3v) is 4.94. The fourth-order valence-electron chi connectivity index (χ4n) is 3.01. The van der Waals surface area contributed by atoms with E-state index in [9.17, 15) is 4.79 Å². The fraction of sp³-hybridized carbons (Fsp3) is 0.235. The summed E-state index contributed by atoms with van der Waals surface area (Å²) in [6, 6.07) is 10.0. The maximum atomic E-state index is 11.5. The van der Waals surface area contributed by atoms with E-state index in [0.717, 1.165) is 41.1 Å². The van der Waals surface area contributed by atoms with Gasteiger partial charge in [0.05, 0.1) is 11.4 Å². The molecule has 6 heteroatoms. The average molecular weight is 324 g/mol. The Morgan fingerprint density at radius 2 is 2.13 bits per heavy atom. The largest absolute Gasteiger partial charge is 0.369 e. The Balaban J connectivity index is 1.83. The summed E-state index contributed by atoms with van der Waals surface area (Å²) >= 11 is 1.63. The van der Waals surface area contributed by atoms with Crippen molar-refractivity contribution in [3.8, 4) is 11.4 Å². The van der Waals surface area contributed by atoms with E-state index in [1.54, 1.807) is 11.3 Å². The first-order chi connectivity index (χ1) is 11.2. The van der Waals surface area contributed by atoms with Crippen molar-refractivity contribution >= 4 is 34.0 Å². The molecule has 0 radical (unpaired) electrons. The highest BCUT2D eigenvalue weighted by atomic mass is 32.1. The molecule has 1 atom stereocenters. The van der Waals surface area contributed by atoms with Crippen LogP contribution in [0.3, 0.4) is 0 Å². The van der Waals surface area contributed by atoms with E-state index in [1.807, 2.05) is 41.1 Å². The summed E-state index contributed by atoms with van der Waals surface area (Å²) < 4.78 is 0. The number of rotatable bonds is 3. The third kappa shape index (κ3) is 2.55. The lowest BCUT2D eigenvalue weighted by atomic mass is 10.1. The molecule has 0 aliphatic carbocycles. The van der Waals surface area contributed by atoms with Crippen molar-refractivity contribution in [2.45, 2.75) is 6.42 Å². The highest BCUT2D eigenvalue weighted by Crippen LogP contribution is 2.31. The summed E-state index contributed by atoms with van der Waals surface area (Å²) in [6.45, 7) is 1.41. The summed E-state index contributed by atoms with van der Waals surface area (Å²) in [5.41, 5.74) is 7.40. The molecule has 2 aromatic heterocycles. The number of fused-ring (bicyclic) bond motifs is 1. The molecule has 3 aromatic rings. The highest BCUT2D eigenvalue weighted by molar-refractivity contribution is 7.08. The van der Waals surface area contributed by atoms with Gasteiger partial charge in [-0.05, 0) is 30.0 Å². The lowest BCUT2D eigenvalue weighted by Gasteiger charge is -2.19. The van der Waals surface area contributed by atoms with E-state index in [-0.39, 0.29) is 11.8 Å². The van der Waals surface area contributed by atoms with Crippen LogP contribution in [0.2, 0.25) is 0 Å². The molecule has 1 amide bonds. The van der Waals surface area contributed by atoms with Crippen molar-refractivity contribution in [1.29, 1.82) is 0 Å². The molecule has 1 fully saturated rings. The van der Waals surface area contributed by atoms with E-state index in [1.165, 1.54) is 0 Å². The predicted molar refractivity (Wildman–Crippen MR) is 92.4 cm³/mol. The molecule has 3 heterocycles. The molecular formula is C17H16N4OS. The highest BCUT2D eigenvalue weighted by Gasteiger charge is 2.28. The zero-order valence-electron chi connectivity index (χ0n) is 12.5. The third-order valence-electron chi connectivity index (χ3n) is 4.25. The van der Waals surface area contributed by atoms with Gasteiger partial charge in [-0.1, -0.05) is 12.1 Å². The molecule has 1 aromatic carbocycles. The van der Waals surface area contributed by atoms with Crippen LogP contribution in [-0.2, 0) is 4.79 Å². The summed E-state index contributed by atoms with van der Waals surface area (Å²) in [5, 5.41) is 5.08. The van der Waals surface area contributed by atoms with E-state index in [4.69, 9.17) is 10.7 Å². The van der Waals surface area contributed by atoms with Crippen LogP contribution in [0.5, 0.6) is 0 Å². The Morgan fingerprint density at radius 3 is 2.87 bits per heavy atom. The van der Waals surface area contributed by atoms with Gasteiger partial charge in [0.2, 0.25) is 5.91 Å². The van der Waals surface area contributed by atoms with Crippen molar-refractivity contribution in [3.63, 3.8) is 0 Å². The molecule has 0 saturated carbocycles. The SMILES string of the molecule is NC(=O)[C@@H]1CCN(c2nc(-c3ccsc3)nc3ccccc23)C1. The van der Waals surface area contributed by atoms with Crippen LogP contribution in [0, 0.1) is 5.92 Å². The smallest absolute Gasteiger partial charge is 0.222 e. The monoisotopic (exact) mass is 324 g/mol. The Kier molecular flexibility index (Phi) is 3.46. The summed E-state index contributed by atoms with van der Waals surface area (Å²) in [4.78, 5) is 23.1. The van der Waals surface area contributed by atoms with Gasteiger partial charge in [-0.2, -0.15) is 11.3 Å². The summed E-state index contributed by atoms with van der Waals surface area (Å²) in [7, 11) is 0. The van der Waals surface area contributed by atoms with E-state index in [2.05, 4.69) is 9.88 Å². The van der Waals surface area contributed by atoms with Crippen LogP contribution in [0.1, 0.15) is 6.42 Å². The van der Waals surface area contributed by atoms with Crippen LogP contribution in [-0.4, -0.2) is 29.0 Å². The maximum Gasteiger partial charge on any atom is 0.222 e. The quantitative estimate of drug-likeness (QED) is 0.804. The fourth-order valence-corrected chi connectivity index (χ4v) is 3.64. The van der Waals surface area contributed by atoms with Gasteiger partial charge in [-0.25, -0.2) is 9.97 Å². The van der Waals surface area contributed by atoms with Gasteiger partial charge in [0, 0.05) is 29.4 Å². The normalized spacial score (nSPS) is 17.7. The molecule has 0 unspecified atom stereocenters. The van der Waals surface area contributed by atoms with Crippen molar-refractivity contribution < 1.29 is 4.79 Å². The predicted octanol–water partition coefficient (Wildman–Crippen LogP) is 2.67. The van der Waals surface area contributed by atoms with Crippen LogP contribution in [0.15, 0.2) is 41.1 Å². The van der Waals surface area contributed by atoms with Crippen LogP contribution in [0.25, 0.3) is 22.3 Å². The van der Waals surface area contributed by atoms with Crippen molar-refractivity contribution in [3.05, 3.63) is 41.1 Å². The summed E-state index contributed by atoms with van der Waals surface area (Å²) in [5.74, 6) is 1.28. The second kappa shape index (κ2) is 5.62. The molecule has 0 bridgehead atoms. The first-order valence-corrected chi connectivity index (χ1v) is 8.50. The molecular weight excluding hydrogens is 308 g/mol. The number of nitrogens with zero attached hydrogens (tertiary/aromatic N) is 3. The number of amides is 1. The van der Waals surface area contributed by atoms with Gasteiger partial charge < -0.3 is 10.6 Å². The van der Waals surface area contributed by atoms with E-state index >= 15 is 0 Å². The zero-order chi connectivity index (χ0) is 15.8. The van der Waals surface area contributed by atoms with Gasteiger partial charge in [-0.3, -0.25) is 4.79 Å². The Hall–Kier alpha value is -2.47. The van der Waals surface area contributed by atoms with Crippen molar-refractivity contribution in [1.82, 2.24) is 9.97 Å². The number of carbonyl (C=O) groups is 1. The number of nitrogens with two attached hydrogens (primary N) is 1. The van der Waals surface area contributed by atoms with Gasteiger partial charge in [0.25, 0.3) is 0 Å². The van der Waals surface area contributed by atoms with Gasteiger partial charge in [0.1, 0.15) is 5.82 Å².